The lowest BCUT2D eigenvalue weighted by Gasteiger charge is -2.01. The van der Waals surface area contributed by atoms with Crippen LogP contribution in [0.2, 0.25) is 5.15 Å². The Kier molecular flexibility index (Phi) is 6.08. The molecule has 0 aliphatic rings. The summed E-state index contributed by atoms with van der Waals surface area (Å²) < 4.78 is 3.48. The Balaban J connectivity index is 1.66. The number of rotatable bonds is 7. The molecular formula is C20H22ClN5O. The molecule has 1 aromatic carbocycles. The van der Waals surface area contributed by atoms with Gasteiger partial charge in [-0.25, -0.2) is 4.68 Å². The van der Waals surface area contributed by atoms with E-state index in [0.717, 1.165) is 36.3 Å². The van der Waals surface area contributed by atoms with Crippen molar-refractivity contribution in [3.8, 4) is 5.69 Å². The summed E-state index contributed by atoms with van der Waals surface area (Å²) in [4.78, 5) is 12.2. The molecule has 0 aliphatic heterocycles. The predicted molar refractivity (Wildman–Crippen MR) is 108 cm³/mol. The van der Waals surface area contributed by atoms with Crippen LogP contribution in [-0.2, 0) is 11.3 Å². The molecule has 3 rings (SSSR count). The highest BCUT2D eigenvalue weighted by atomic mass is 35.5. The van der Waals surface area contributed by atoms with E-state index in [4.69, 9.17) is 11.6 Å². The highest BCUT2D eigenvalue weighted by Gasteiger charge is 2.11. The van der Waals surface area contributed by atoms with Crippen LogP contribution in [0.3, 0.4) is 0 Å². The zero-order chi connectivity index (χ0) is 19.2. The molecule has 0 aliphatic carbocycles. The number of nitrogens with zero attached hydrogens (tertiary/aromatic N) is 4. The number of para-hydroxylation sites is 1. The first-order valence-corrected chi connectivity index (χ1v) is 9.29. The molecule has 0 radical (unpaired) electrons. The van der Waals surface area contributed by atoms with E-state index in [1.54, 1.807) is 27.7 Å². The Labute approximate surface area is 163 Å². The minimum atomic E-state index is -0.273. The van der Waals surface area contributed by atoms with Gasteiger partial charge in [-0.1, -0.05) is 43.1 Å². The average Bonchev–Trinajstić information content (AvgIpc) is 3.24. The molecular weight excluding hydrogens is 362 g/mol. The third kappa shape index (κ3) is 4.65. The van der Waals surface area contributed by atoms with E-state index in [0.29, 0.717) is 11.0 Å². The summed E-state index contributed by atoms with van der Waals surface area (Å²) in [7, 11) is 0. The molecule has 1 N–H and O–H groups in total. The van der Waals surface area contributed by atoms with Crippen molar-refractivity contribution in [3.05, 3.63) is 65.1 Å². The fraction of sp³-hybridized carbons (Fsp3) is 0.250. The van der Waals surface area contributed by atoms with Gasteiger partial charge in [-0.2, -0.15) is 10.2 Å². The summed E-state index contributed by atoms with van der Waals surface area (Å²) in [5.41, 5.74) is 2.49. The maximum atomic E-state index is 12.2. The predicted octanol–water partition coefficient (Wildman–Crippen LogP) is 4.48. The standard InChI is InChI=1S/C20H22ClN5O/c1-3-4-13-26-20(21)17(15(2)23-26)10-11-19(27)22-18-12-14-25(24-18)16-8-6-5-7-9-16/h5-12,14H,3-4,13H2,1-2H3,(H,22,24,27)/b11-10+. The van der Waals surface area contributed by atoms with Crippen LogP contribution in [-0.4, -0.2) is 25.5 Å². The van der Waals surface area contributed by atoms with Crippen molar-refractivity contribution in [1.29, 1.82) is 0 Å². The number of nitrogens with one attached hydrogen (secondary N) is 1. The highest BCUT2D eigenvalue weighted by Crippen LogP contribution is 2.22. The SMILES string of the molecule is CCCCn1nc(C)c(/C=C/C(=O)Nc2ccn(-c3ccccc3)n2)c1Cl. The number of aryl methyl sites for hydroxylation is 2. The second kappa shape index (κ2) is 8.68. The van der Waals surface area contributed by atoms with E-state index in [9.17, 15) is 4.79 Å². The quantitative estimate of drug-likeness (QED) is 0.611. The highest BCUT2D eigenvalue weighted by molar-refractivity contribution is 6.31. The topological polar surface area (TPSA) is 64.7 Å². The summed E-state index contributed by atoms with van der Waals surface area (Å²) in [6.45, 7) is 4.77. The van der Waals surface area contributed by atoms with Crippen LogP contribution < -0.4 is 5.32 Å². The molecule has 0 atom stereocenters. The summed E-state index contributed by atoms with van der Waals surface area (Å²) in [5.74, 6) is 0.208. The third-order valence-corrected chi connectivity index (χ3v) is 4.49. The van der Waals surface area contributed by atoms with Gasteiger partial charge in [0.25, 0.3) is 0 Å². The fourth-order valence-corrected chi connectivity index (χ4v) is 2.98. The molecule has 0 fully saturated rings. The number of anilines is 1. The molecule has 3 aromatic rings. The van der Waals surface area contributed by atoms with Crippen LogP contribution in [0.5, 0.6) is 0 Å². The van der Waals surface area contributed by atoms with Gasteiger partial charge in [0.15, 0.2) is 5.82 Å². The molecule has 7 heteroatoms. The lowest BCUT2D eigenvalue weighted by Crippen LogP contribution is -2.08. The van der Waals surface area contributed by atoms with E-state index in [-0.39, 0.29) is 5.91 Å². The van der Waals surface area contributed by atoms with E-state index in [1.807, 2.05) is 37.3 Å². The Morgan fingerprint density at radius 2 is 2.00 bits per heavy atom. The molecule has 0 saturated heterocycles. The van der Waals surface area contributed by atoms with Gasteiger partial charge in [-0.15, -0.1) is 0 Å². The third-order valence-electron chi connectivity index (χ3n) is 4.10. The second-order valence-corrected chi connectivity index (χ2v) is 6.53. The second-order valence-electron chi connectivity index (χ2n) is 6.17. The number of hydrogen-bond acceptors (Lipinski definition) is 3. The minimum absolute atomic E-state index is 0.273. The Bertz CT molecular complexity index is 943. The fourth-order valence-electron chi connectivity index (χ4n) is 2.65. The van der Waals surface area contributed by atoms with Crippen LogP contribution >= 0.6 is 11.6 Å². The van der Waals surface area contributed by atoms with Gasteiger partial charge in [-0.3, -0.25) is 9.48 Å². The van der Waals surface area contributed by atoms with Crippen molar-refractivity contribution in [2.24, 2.45) is 0 Å². The number of unbranched alkanes of at least 4 members (excludes halogenated alkanes) is 1. The minimum Gasteiger partial charge on any atom is -0.306 e. The van der Waals surface area contributed by atoms with Crippen molar-refractivity contribution in [1.82, 2.24) is 19.6 Å². The zero-order valence-corrected chi connectivity index (χ0v) is 16.1. The van der Waals surface area contributed by atoms with Gasteiger partial charge in [0.2, 0.25) is 5.91 Å². The van der Waals surface area contributed by atoms with Crippen molar-refractivity contribution in [2.75, 3.05) is 5.32 Å². The van der Waals surface area contributed by atoms with Gasteiger partial charge >= 0.3 is 0 Å². The summed E-state index contributed by atoms with van der Waals surface area (Å²) in [5, 5.41) is 12.1. The van der Waals surface area contributed by atoms with Crippen molar-refractivity contribution < 1.29 is 4.79 Å². The molecule has 2 heterocycles. The smallest absolute Gasteiger partial charge is 0.249 e. The van der Waals surface area contributed by atoms with E-state index < -0.39 is 0 Å². The van der Waals surface area contributed by atoms with E-state index >= 15 is 0 Å². The molecule has 0 saturated carbocycles. The van der Waals surface area contributed by atoms with Gasteiger partial charge in [0.05, 0.1) is 11.4 Å². The van der Waals surface area contributed by atoms with Gasteiger partial charge < -0.3 is 5.32 Å². The Hall–Kier alpha value is -2.86. The van der Waals surface area contributed by atoms with Gasteiger partial charge in [0, 0.05) is 30.4 Å². The largest absolute Gasteiger partial charge is 0.306 e. The average molecular weight is 384 g/mol. The molecule has 1 amide bonds. The molecule has 27 heavy (non-hydrogen) atoms. The van der Waals surface area contributed by atoms with Crippen LogP contribution in [0.4, 0.5) is 5.82 Å². The number of halogens is 1. The van der Waals surface area contributed by atoms with Crippen molar-refractivity contribution in [3.63, 3.8) is 0 Å². The summed E-state index contributed by atoms with van der Waals surface area (Å²) in [6, 6.07) is 11.5. The number of carbonyl (C=O) groups is 1. The maximum absolute atomic E-state index is 12.2. The van der Waals surface area contributed by atoms with Gasteiger partial charge in [-0.05, 0) is 31.6 Å². The van der Waals surface area contributed by atoms with Crippen molar-refractivity contribution in [2.45, 2.75) is 33.2 Å². The Morgan fingerprint density at radius 1 is 1.22 bits per heavy atom. The first kappa shape index (κ1) is 18.9. The van der Waals surface area contributed by atoms with Crippen LogP contribution in [0, 0.1) is 6.92 Å². The number of carbonyl (C=O) groups excluding carboxylic acids is 1. The molecule has 140 valence electrons. The van der Waals surface area contributed by atoms with Crippen LogP contribution in [0.1, 0.15) is 31.0 Å². The Morgan fingerprint density at radius 3 is 2.74 bits per heavy atom. The summed E-state index contributed by atoms with van der Waals surface area (Å²) >= 11 is 6.38. The number of aromatic nitrogens is 4. The van der Waals surface area contributed by atoms with E-state index in [2.05, 4.69) is 22.4 Å². The number of hydrogen-bond donors (Lipinski definition) is 1. The van der Waals surface area contributed by atoms with Crippen LogP contribution in [0.25, 0.3) is 11.8 Å². The number of amides is 1. The lowest BCUT2D eigenvalue weighted by molar-refractivity contribution is -0.111. The molecule has 6 nitrogen and oxygen atoms in total. The monoisotopic (exact) mass is 383 g/mol. The zero-order valence-electron chi connectivity index (χ0n) is 15.4. The first-order chi connectivity index (χ1) is 13.1. The number of benzene rings is 1. The first-order valence-electron chi connectivity index (χ1n) is 8.91. The van der Waals surface area contributed by atoms with Gasteiger partial charge in [0.1, 0.15) is 5.15 Å². The normalized spacial score (nSPS) is 11.2. The lowest BCUT2D eigenvalue weighted by atomic mass is 10.2. The van der Waals surface area contributed by atoms with Crippen LogP contribution in [0.15, 0.2) is 48.7 Å². The maximum Gasteiger partial charge on any atom is 0.249 e. The molecule has 2 aromatic heterocycles. The molecule has 0 bridgehead atoms. The molecule has 0 unspecified atom stereocenters. The van der Waals surface area contributed by atoms with E-state index in [1.165, 1.54) is 6.08 Å². The molecule has 0 spiro atoms. The van der Waals surface area contributed by atoms with Crippen molar-refractivity contribution >= 4 is 29.4 Å². The summed E-state index contributed by atoms with van der Waals surface area (Å²) in [6.07, 6.45) is 7.01.